The van der Waals surface area contributed by atoms with Crippen molar-refractivity contribution in [3.05, 3.63) is 0 Å². The molecule has 0 amide bonds. The van der Waals surface area contributed by atoms with E-state index in [9.17, 15) is 4.79 Å². The van der Waals surface area contributed by atoms with Crippen LogP contribution in [0.4, 0.5) is 0 Å². The number of carbonyl (C=O) groups excluding carboxylic acids is 1. The van der Waals surface area contributed by atoms with E-state index in [1.54, 1.807) is 0 Å². The van der Waals surface area contributed by atoms with Crippen LogP contribution in [0.5, 0.6) is 0 Å². The highest BCUT2D eigenvalue weighted by atomic mass is 16.1. The fraction of sp³-hybridized carbons (Fsp3) is 0.917. The second-order valence-electron chi connectivity index (χ2n) is 4.53. The van der Waals surface area contributed by atoms with E-state index in [1.165, 1.54) is 32.1 Å². The predicted molar refractivity (Wildman–Crippen MR) is 62.8 cm³/mol. The van der Waals surface area contributed by atoms with Gasteiger partial charge in [-0.15, -0.1) is 0 Å². The first kappa shape index (κ1) is 12.7. The van der Waals surface area contributed by atoms with E-state index in [2.05, 4.69) is 5.32 Å². The molecule has 3 N–H and O–H groups in total. The lowest BCUT2D eigenvalue weighted by Gasteiger charge is -2.25. The molecule has 0 saturated heterocycles. The molecular weight excluding hydrogens is 188 g/mol. The van der Waals surface area contributed by atoms with Gasteiger partial charge in [-0.05, 0) is 32.2 Å². The van der Waals surface area contributed by atoms with E-state index in [0.29, 0.717) is 6.04 Å². The average Bonchev–Trinajstić information content (AvgIpc) is 2.29. The number of hydrogen-bond acceptors (Lipinski definition) is 3. The Morgan fingerprint density at radius 3 is 2.60 bits per heavy atom. The number of unbranched alkanes of at least 4 members (excludes halogenated alkanes) is 1. The van der Waals surface area contributed by atoms with Crippen LogP contribution in [0, 0.1) is 0 Å². The number of carbonyl (C=O) groups is 1. The molecule has 0 aromatic rings. The Kier molecular flexibility index (Phi) is 6.60. The maximum atomic E-state index is 10.9. The zero-order chi connectivity index (χ0) is 10.9. The van der Waals surface area contributed by atoms with Crippen LogP contribution in [0.25, 0.3) is 0 Å². The molecule has 0 unspecified atom stereocenters. The molecule has 88 valence electrons. The Morgan fingerprint density at radius 1 is 1.27 bits per heavy atom. The Morgan fingerprint density at radius 2 is 2.00 bits per heavy atom. The van der Waals surface area contributed by atoms with Gasteiger partial charge in [-0.3, -0.25) is 0 Å². The maximum absolute atomic E-state index is 10.9. The van der Waals surface area contributed by atoms with Gasteiger partial charge in [0.1, 0.15) is 6.29 Å². The number of nitrogens with two attached hydrogens (primary N) is 1. The summed E-state index contributed by atoms with van der Waals surface area (Å²) < 4.78 is 0. The highest BCUT2D eigenvalue weighted by molar-refractivity contribution is 5.57. The van der Waals surface area contributed by atoms with Gasteiger partial charge in [-0.1, -0.05) is 25.7 Å². The van der Waals surface area contributed by atoms with E-state index in [1.807, 2.05) is 0 Å². The Hall–Kier alpha value is -0.410. The highest BCUT2D eigenvalue weighted by Gasteiger charge is 2.16. The molecule has 1 saturated carbocycles. The summed E-state index contributed by atoms with van der Waals surface area (Å²) in [5, 5.41) is 3.46. The largest absolute Gasteiger partial charge is 0.330 e. The predicted octanol–water partition coefficient (Wildman–Crippen LogP) is 1.61. The summed E-state index contributed by atoms with van der Waals surface area (Å²) in [6.07, 6.45) is 10.5. The number of hydrogen-bond donors (Lipinski definition) is 2. The molecule has 0 spiro atoms. The quantitative estimate of drug-likeness (QED) is 0.498. The number of aldehydes is 1. The topological polar surface area (TPSA) is 55.1 Å². The van der Waals surface area contributed by atoms with Crippen molar-refractivity contribution in [3.8, 4) is 0 Å². The summed E-state index contributed by atoms with van der Waals surface area (Å²) in [4.78, 5) is 10.9. The third kappa shape index (κ3) is 5.28. The smallest absolute Gasteiger partial charge is 0.136 e. The van der Waals surface area contributed by atoms with Crippen LogP contribution in [-0.4, -0.2) is 24.9 Å². The second-order valence-corrected chi connectivity index (χ2v) is 4.53. The molecule has 1 rings (SSSR count). The fourth-order valence-corrected chi connectivity index (χ4v) is 2.27. The SMILES string of the molecule is NCCCC[C@@H](C=O)NC1CCCCC1. The molecule has 0 aromatic carbocycles. The lowest BCUT2D eigenvalue weighted by molar-refractivity contribution is -0.110. The monoisotopic (exact) mass is 212 g/mol. The van der Waals surface area contributed by atoms with Crippen molar-refractivity contribution in [2.75, 3.05) is 6.54 Å². The first-order valence-electron chi connectivity index (χ1n) is 6.28. The van der Waals surface area contributed by atoms with Crippen molar-refractivity contribution in [2.24, 2.45) is 5.73 Å². The molecular formula is C12H24N2O. The first-order valence-corrected chi connectivity index (χ1v) is 6.28. The molecule has 1 aliphatic rings. The van der Waals surface area contributed by atoms with Crippen LogP contribution in [0.2, 0.25) is 0 Å². The van der Waals surface area contributed by atoms with E-state index < -0.39 is 0 Å². The van der Waals surface area contributed by atoms with E-state index >= 15 is 0 Å². The van der Waals surface area contributed by atoms with Crippen LogP contribution in [0.3, 0.4) is 0 Å². The van der Waals surface area contributed by atoms with Gasteiger partial charge in [0.15, 0.2) is 0 Å². The summed E-state index contributed by atoms with van der Waals surface area (Å²) in [6, 6.07) is 0.631. The minimum Gasteiger partial charge on any atom is -0.330 e. The van der Waals surface area contributed by atoms with Gasteiger partial charge in [-0.2, -0.15) is 0 Å². The van der Waals surface area contributed by atoms with E-state index in [-0.39, 0.29) is 6.04 Å². The zero-order valence-electron chi connectivity index (χ0n) is 9.58. The molecule has 0 bridgehead atoms. The van der Waals surface area contributed by atoms with Crippen molar-refractivity contribution in [3.63, 3.8) is 0 Å². The van der Waals surface area contributed by atoms with Gasteiger partial charge in [0.2, 0.25) is 0 Å². The van der Waals surface area contributed by atoms with Gasteiger partial charge in [-0.25, -0.2) is 0 Å². The molecule has 3 nitrogen and oxygen atoms in total. The summed E-state index contributed by atoms with van der Waals surface area (Å²) in [6.45, 7) is 0.731. The molecule has 1 fully saturated rings. The van der Waals surface area contributed by atoms with Crippen LogP contribution >= 0.6 is 0 Å². The van der Waals surface area contributed by atoms with Gasteiger partial charge < -0.3 is 15.8 Å². The third-order valence-corrected chi connectivity index (χ3v) is 3.19. The summed E-state index contributed by atoms with van der Waals surface area (Å²) in [5.41, 5.74) is 5.43. The van der Waals surface area contributed by atoms with Crippen LogP contribution in [0.1, 0.15) is 51.4 Å². The van der Waals surface area contributed by atoms with Gasteiger partial charge in [0, 0.05) is 6.04 Å². The normalized spacial score (nSPS) is 20.1. The minimum absolute atomic E-state index is 0.0552. The van der Waals surface area contributed by atoms with E-state index in [4.69, 9.17) is 5.73 Å². The lowest BCUT2D eigenvalue weighted by Crippen LogP contribution is -2.40. The van der Waals surface area contributed by atoms with Crippen LogP contribution in [0.15, 0.2) is 0 Å². The molecule has 15 heavy (non-hydrogen) atoms. The standard InChI is InChI=1S/C12H24N2O/c13-9-5-4-8-12(10-15)14-11-6-2-1-3-7-11/h10-12,14H,1-9,13H2/t12-/m0/s1. The molecule has 1 atom stereocenters. The summed E-state index contributed by atoms with van der Waals surface area (Å²) in [5.74, 6) is 0. The Bertz CT molecular complexity index is 167. The number of nitrogens with one attached hydrogen (secondary N) is 1. The highest BCUT2D eigenvalue weighted by Crippen LogP contribution is 2.18. The Labute approximate surface area is 92.8 Å². The average molecular weight is 212 g/mol. The molecule has 3 heteroatoms. The van der Waals surface area contributed by atoms with Crippen molar-refractivity contribution >= 4 is 6.29 Å². The Balaban J connectivity index is 2.16. The third-order valence-electron chi connectivity index (χ3n) is 3.19. The van der Waals surface area contributed by atoms with Gasteiger partial charge in [0.05, 0.1) is 6.04 Å². The zero-order valence-corrected chi connectivity index (χ0v) is 9.58. The molecule has 0 aromatic heterocycles. The first-order chi connectivity index (χ1) is 7.36. The van der Waals surface area contributed by atoms with Crippen molar-refractivity contribution < 1.29 is 4.79 Å². The summed E-state index contributed by atoms with van der Waals surface area (Å²) >= 11 is 0. The molecule has 0 heterocycles. The fourth-order valence-electron chi connectivity index (χ4n) is 2.27. The number of rotatable bonds is 7. The molecule has 1 aliphatic carbocycles. The van der Waals surface area contributed by atoms with Gasteiger partial charge in [0.25, 0.3) is 0 Å². The van der Waals surface area contributed by atoms with E-state index in [0.717, 1.165) is 32.1 Å². The van der Waals surface area contributed by atoms with Crippen molar-refractivity contribution in [2.45, 2.75) is 63.5 Å². The maximum Gasteiger partial charge on any atom is 0.136 e. The van der Waals surface area contributed by atoms with Crippen LogP contribution < -0.4 is 11.1 Å². The van der Waals surface area contributed by atoms with Gasteiger partial charge >= 0.3 is 0 Å². The second kappa shape index (κ2) is 7.83. The van der Waals surface area contributed by atoms with Crippen LogP contribution in [-0.2, 0) is 4.79 Å². The molecule has 0 aliphatic heterocycles. The van der Waals surface area contributed by atoms with Crippen molar-refractivity contribution in [1.82, 2.24) is 5.32 Å². The summed E-state index contributed by atoms with van der Waals surface area (Å²) in [7, 11) is 0. The molecule has 0 radical (unpaired) electrons. The van der Waals surface area contributed by atoms with Crippen molar-refractivity contribution in [1.29, 1.82) is 0 Å². The lowest BCUT2D eigenvalue weighted by atomic mass is 9.94. The minimum atomic E-state index is 0.0552.